The average Bonchev–Trinajstić information content (AvgIpc) is 2.62. The van der Waals surface area contributed by atoms with Crippen LogP contribution in [0.4, 0.5) is 0 Å². The standard InChI is InChI=1S/C9H16N2S2/c1-3-12-6-9-11-8(5-13-9)7(2)4-10/h5,7H,3-4,6,10H2,1-2H3. The molecular formula is C9H16N2S2. The van der Waals surface area contributed by atoms with Crippen molar-refractivity contribution < 1.29 is 0 Å². The van der Waals surface area contributed by atoms with Crippen molar-refractivity contribution in [1.29, 1.82) is 0 Å². The van der Waals surface area contributed by atoms with Gasteiger partial charge in [-0.3, -0.25) is 0 Å². The van der Waals surface area contributed by atoms with Gasteiger partial charge < -0.3 is 5.73 Å². The van der Waals surface area contributed by atoms with Crippen molar-refractivity contribution in [1.82, 2.24) is 4.98 Å². The first-order chi connectivity index (χ1) is 6.27. The van der Waals surface area contributed by atoms with E-state index in [0.29, 0.717) is 12.5 Å². The van der Waals surface area contributed by atoms with E-state index in [0.717, 1.165) is 17.2 Å². The van der Waals surface area contributed by atoms with Gasteiger partial charge in [0.15, 0.2) is 0 Å². The van der Waals surface area contributed by atoms with Crippen LogP contribution in [-0.2, 0) is 5.75 Å². The topological polar surface area (TPSA) is 38.9 Å². The van der Waals surface area contributed by atoms with E-state index in [4.69, 9.17) is 5.73 Å². The minimum Gasteiger partial charge on any atom is -0.330 e. The van der Waals surface area contributed by atoms with Gasteiger partial charge in [0.05, 0.1) is 5.69 Å². The highest BCUT2D eigenvalue weighted by Crippen LogP contribution is 2.20. The zero-order valence-electron chi connectivity index (χ0n) is 8.12. The van der Waals surface area contributed by atoms with Crippen LogP contribution in [0.2, 0.25) is 0 Å². The fourth-order valence-electron chi connectivity index (χ4n) is 0.928. The summed E-state index contributed by atoms with van der Waals surface area (Å²) in [5, 5.41) is 3.35. The van der Waals surface area contributed by atoms with Crippen molar-refractivity contribution in [2.24, 2.45) is 5.73 Å². The van der Waals surface area contributed by atoms with Gasteiger partial charge in [0.2, 0.25) is 0 Å². The third-order valence-electron chi connectivity index (χ3n) is 1.86. The molecule has 0 fully saturated rings. The SMILES string of the molecule is CCSCc1nc(C(C)CN)cs1. The molecule has 0 saturated heterocycles. The van der Waals surface area contributed by atoms with Crippen LogP contribution < -0.4 is 5.73 Å². The van der Waals surface area contributed by atoms with Crippen LogP contribution >= 0.6 is 23.1 Å². The number of nitrogens with zero attached hydrogens (tertiary/aromatic N) is 1. The minimum absolute atomic E-state index is 0.400. The van der Waals surface area contributed by atoms with Gasteiger partial charge in [-0.1, -0.05) is 13.8 Å². The number of thioether (sulfide) groups is 1. The van der Waals surface area contributed by atoms with E-state index in [-0.39, 0.29) is 0 Å². The summed E-state index contributed by atoms with van der Waals surface area (Å²) < 4.78 is 0. The van der Waals surface area contributed by atoms with Crippen molar-refractivity contribution in [2.45, 2.75) is 25.5 Å². The monoisotopic (exact) mass is 216 g/mol. The summed E-state index contributed by atoms with van der Waals surface area (Å²) in [4.78, 5) is 4.54. The minimum atomic E-state index is 0.400. The smallest absolute Gasteiger partial charge is 0.103 e. The van der Waals surface area contributed by atoms with Crippen molar-refractivity contribution in [2.75, 3.05) is 12.3 Å². The second-order valence-electron chi connectivity index (χ2n) is 2.94. The van der Waals surface area contributed by atoms with Crippen molar-refractivity contribution in [3.8, 4) is 0 Å². The number of nitrogens with two attached hydrogens (primary N) is 1. The predicted octanol–water partition coefficient (Wildman–Crippen LogP) is 2.46. The van der Waals surface area contributed by atoms with E-state index in [9.17, 15) is 0 Å². The first-order valence-corrected chi connectivity index (χ1v) is 6.53. The highest BCUT2D eigenvalue weighted by molar-refractivity contribution is 7.98. The molecule has 0 radical (unpaired) electrons. The van der Waals surface area contributed by atoms with E-state index in [2.05, 4.69) is 24.2 Å². The third-order valence-corrected chi connectivity index (χ3v) is 3.79. The maximum Gasteiger partial charge on any atom is 0.103 e. The molecule has 0 aliphatic heterocycles. The fraction of sp³-hybridized carbons (Fsp3) is 0.667. The largest absolute Gasteiger partial charge is 0.330 e. The van der Waals surface area contributed by atoms with Crippen LogP contribution in [0.25, 0.3) is 0 Å². The van der Waals surface area contributed by atoms with Crippen LogP contribution in [0.5, 0.6) is 0 Å². The summed E-state index contributed by atoms with van der Waals surface area (Å²) in [5.74, 6) is 2.59. The molecule has 0 bridgehead atoms. The Morgan fingerprint density at radius 2 is 2.46 bits per heavy atom. The molecule has 0 amide bonds. The number of hydrogen-bond donors (Lipinski definition) is 1. The molecule has 4 heteroatoms. The summed E-state index contributed by atoms with van der Waals surface area (Å²) in [5.41, 5.74) is 6.72. The number of thiazole rings is 1. The molecule has 1 unspecified atom stereocenters. The van der Waals surface area contributed by atoms with Gasteiger partial charge in [-0.25, -0.2) is 4.98 Å². The molecule has 2 nitrogen and oxygen atoms in total. The Labute approximate surface area is 87.9 Å². The quantitative estimate of drug-likeness (QED) is 0.821. The van der Waals surface area contributed by atoms with Gasteiger partial charge in [-0.2, -0.15) is 11.8 Å². The highest BCUT2D eigenvalue weighted by Gasteiger charge is 2.07. The molecule has 13 heavy (non-hydrogen) atoms. The molecule has 1 heterocycles. The molecule has 1 aromatic rings. The van der Waals surface area contributed by atoms with Gasteiger partial charge in [-0.05, 0) is 5.75 Å². The Kier molecular flexibility index (Phi) is 4.77. The Morgan fingerprint density at radius 1 is 1.69 bits per heavy atom. The Morgan fingerprint density at radius 3 is 3.08 bits per heavy atom. The van der Waals surface area contributed by atoms with E-state index in [1.807, 2.05) is 11.8 Å². The van der Waals surface area contributed by atoms with Gasteiger partial charge in [0.25, 0.3) is 0 Å². The van der Waals surface area contributed by atoms with Crippen LogP contribution in [-0.4, -0.2) is 17.3 Å². The van der Waals surface area contributed by atoms with E-state index in [1.54, 1.807) is 11.3 Å². The van der Waals surface area contributed by atoms with E-state index < -0.39 is 0 Å². The summed E-state index contributed by atoms with van der Waals surface area (Å²) in [6, 6.07) is 0. The molecule has 0 aliphatic carbocycles. The molecule has 1 aromatic heterocycles. The van der Waals surface area contributed by atoms with Gasteiger partial charge >= 0.3 is 0 Å². The average molecular weight is 216 g/mol. The summed E-state index contributed by atoms with van der Waals surface area (Å²) in [6.45, 7) is 4.97. The van der Waals surface area contributed by atoms with Crippen LogP contribution in [0.3, 0.4) is 0 Å². The highest BCUT2D eigenvalue weighted by atomic mass is 32.2. The maximum absolute atomic E-state index is 5.57. The second-order valence-corrected chi connectivity index (χ2v) is 5.16. The molecule has 0 aliphatic rings. The van der Waals surface area contributed by atoms with E-state index in [1.165, 1.54) is 5.01 Å². The van der Waals surface area contributed by atoms with Crippen molar-refractivity contribution in [3.63, 3.8) is 0 Å². The maximum atomic E-state index is 5.57. The Balaban J connectivity index is 2.53. The first-order valence-electron chi connectivity index (χ1n) is 4.50. The molecule has 1 rings (SSSR count). The summed E-state index contributed by atoms with van der Waals surface area (Å²) in [6.07, 6.45) is 0. The Hall–Kier alpha value is -0.0600. The molecular weight excluding hydrogens is 200 g/mol. The summed E-state index contributed by atoms with van der Waals surface area (Å²) in [7, 11) is 0. The van der Waals surface area contributed by atoms with Crippen LogP contribution in [0.15, 0.2) is 5.38 Å². The lowest BCUT2D eigenvalue weighted by atomic mass is 10.1. The third kappa shape index (κ3) is 3.29. The van der Waals surface area contributed by atoms with E-state index >= 15 is 0 Å². The number of rotatable bonds is 5. The molecule has 0 saturated carbocycles. The summed E-state index contributed by atoms with van der Waals surface area (Å²) >= 11 is 3.66. The lowest BCUT2D eigenvalue weighted by Crippen LogP contribution is -2.09. The predicted molar refractivity (Wildman–Crippen MR) is 61.4 cm³/mol. The molecule has 0 spiro atoms. The molecule has 1 atom stereocenters. The van der Waals surface area contributed by atoms with Gasteiger partial charge in [0.1, 0.15) is 5.01 Å². The normalized spacial score (nSPS) is 13.2. The lowest BCUT2D eigenvalue weighted by molar-refractivity contribution is 0.749. The first kappa shape index (κ1) is 11.0. The zero-order valence-corrected chi connectivity index (χ0v) is 9.75. The second kappa shape index (κ2) is 5.62. The number of hydrogen-bond acceptors (Lipinski definition) is 4. The fourth-order valence-corrected chi connectivity index (χ4v) is 2.59. The molecule has 0 aromatic carbocycles. The zero-order chi connectivity index (χ0) is 9.68. The van der Waals surface area contributed by atoms with Crippen molar-refractivity contribution in [3.05, 3.63) is 16.1 Å². The van der Waals surface area contributed by atoms with Crippen LogP contribution in [0.1, 0.15) is 30.5 Å². The lowest BCUT2D eigenvalue weighted by Gasteiger charge is -2.02. The number of aromatic nitrogens is 1. The molecule has 2 N–H and O–H groups in total. The Bertz CT molecular complexity index is 248. The van der Waals surface area contributed by atoms with Gasteiger partial charge in [0, 0.05) is 23.6 Å². The molecule has 74 valence electrons. The van der Waals surface area contributed by atoms with Gasteiger partial charge in [-0.15, -0.1) is 11.3 Å². The van der Waals surface area contributed by atoms with Crippen LogP contribution in [0, 0.1) is 0 Å². The van der Waals surface area contributed by atoms with Crippen molar-refractivity contribution >= 4 is 23.1 Å².